The molecule has 0 saturated carbocycles. The molecule has 138 valence electrons. The van der Waals surface area contributed by atoms with Gasteiger partial charge in [0.1, 0.15) is 17.2 Å². The molecule has 1 amide bonds. The Morgan fingerprint density at radius 1 is 1.04 bits per heavy atom. The normalized spacial score (nSPS) is 10.6. The fourth-order valence-corrected chi connectivity index (χ4v) is 2.59. The van der Waals surface area contributed by atoms with E-state index in [1.165, 1.54) is 16.8 Å². The number of benzene rings is 2. The minimum atomic E-state index is -0.951. The van der Waals surface area contributed by atoms with E-state index >= 15 is 0 Å². The van der Waals surface area contributed by atoms with E-state index in [2.05, 4.69) is 10.4 Å². The van der Waals surface area contributed by atoms with Gasteiger partial charge in [-0.2, -0.15) is 5.10 Å². The van der Waals surface area contributed by atoms with Crippen molar-refractivity contribution >= 4 is 17.5 Å². The predicted octanol–water partition coefficient (Wildman–Crippen LogP) is 3.27. The maximum absolute atomic E-state index is 13.6. The molecule has 0 aliphatic heterocycles. The molecule has 0 unspecified atom stereocenters. The summed E-state index contributed by atoms with van der Waals surface area (Å²) in [6, 6.07) is 13.1. The standard InChI is InChI=1S/C19H14ClF2N3O2/c20-13-6-4-12(5-7-13)16-8-9-17(26)25(24-16)11-10-23-19(27)18-14(21)2-1-3-15(18)22/h1-9H,10-11H2,(H,23,27). The second kappa shape index (κ2) is 8.09. The van der Waals surface area contributed by atoms with Gasteiger partial charge in [0.25, 0.3) is 11.5 Å². The molecule has 1 aromatic heterocycles. The van der Waals surface area contributed by atoms with Crippen molar-refractivity contribution in [3.05, 3.63) is 87.2 Å². The molecule has 0 aliphatic rings. The molecule has 0 aliphatic carbocycles. The zero-order valence-electron chi connectivity index (χ0n) is 14.0. The van der Waals surface area contributed by atoms with Crippen LogP contribution in [0.3, 0.4) is 0 Å². The number of nitrogens with one attached hydrogen (secondary N) is 1. The Hall–Kier alpha value is -3.06. The van der Waals surface area contributed by atoms with Crippen LogP contribution in [-0.2, 0) is 6.54 Å². The van der Waals surface area contributed by atoms with E-state index in [0.717, 1.165) is 17.7 Å². The molecule has 0 fully saturated rings. The van der Waals surface area contributed by atoms with Crippen molar-refractivity contribution in [1.82, 2.24) is 15.1 Å². The summed E-state index contributed by atoms with van der Waals surface area (Å²) < 4.78 is 28.4. The lowest BCUT2D eigenvalue weighted by molar-refractivity contribution is 0.0943. The first-order valence-corrected chi connectivity index (χ1v) is 8.40. The van der Waals surface area contributed by atoms with Gasteiger partial charge in [0.05, 0.1) is 12.2 Å². The smallest absolute Gasteiger partial charge is 0.266 e. The molecule has 0 radical (unpaired) electrons. The van der Waals surface area contributed by atoms with Gasteiger partial charge in [-0.1, -0.05) is 29.8 Å². The summed E-state index contributed by atoms with van der Waals surface area (Å²) in [6.07, 6.45) is 0. The lowest BCUT2D eigenvalue weighted by Crippen LogP contribution is -2.32. The molecule has 3 aromatic rings. The fourth-order valence-electron chi connectivity index (χ4n) is 2.46. The van der Waals surface area contributed by atoms with Crippen LogP contribution in [0.25, 0.3) is 11.3 Å². The van der Waals surface area contributed by atoms with Gasteiger partial charge in [-0.15, -0.1) is 0 Å². The van der Waals surface area contributed by atoms with Gasteiger partial charge in [-0.05, 0) is 30.3 Å². The predicted molar refractivity (Wildman–Crippen MR) is 97.6 cm³/mol. The van der Waals surface area contributed by atoms with Gasteiger partial charge in [0, 0.05) is 23.2 Å². The van der Waals surface area contributed by atoms with Crippen molar-refractivity contribution in [2.45, 2.75) is 6.54 Å². The van der Waals surface area contributed by atoms with Crippen LogP contribution in [0.4, 0.5) is 8.78 Å². The van der Waals surface area contributed by atoms with Crippen molar-refractivity contribution < 1.29 is 13.6 Å². The molecule has 27 heavy (non-hydrogen) atoms. The van der Waals surface area contributed by atoms with E-state index in [0.29, 0.717) is 10.7 Å². The van der Waals surface area contributed by atoms with Gasteiger partial charge in [-0.3, -0.25) is 9.59 Å². The van der Waals surface area contributed by atoms with E-state index in [1.807, 2.05) is 0 Å². The third-order valence-electron chi connectivity index (χ3n) is 3.81. The zero-order valence-corrected chi connectivity index (χ0v) is 14.7. The summed E-state index contributed by atoms with van der Waals surface area (Å²) in [4.78, 5) is 23.9. The number of nitrogens with zero attached hydrogens (tertiary/aromatic N) is 2. The molecule has 0 bridgehead atoms. The Labute approximate surface area is 158 Å². The number of rotatable bonds is 5. The van der Waals surface area contributed by atoms with Gasteiger partial charge in [0.2, 0.25) is 0 Å². The van der Waals surface area contributed by atoms with Crippen molar-refractivity contribution in [2.75, 3.05) is 6.54 Å². The van der Waals surface area contributed by atoms with Crippen molar-refractivity contribution in [3.63, 3.8) is 0 Å². The highest BCUT2D eigenvalue weighted by atomic mass is 35.5. The Balaban J connectivity index is 1.71. The highest BCUT2D eigenvalue weighted by Crippen LogP contribution is 2.18. The molecule has 8 heteroatoms. The lowest BCUT2D eigenvalue weighted by atomic mass is 10.1. The zero-order chi connectivity index (χ0) is 19.4. The number of aromatic nitrogens is 2. The highest BCUT2D eigenvalue weighted by molar-refractivity contribution is 6.30. The largest absolute Gasteiger partial charge is 0.350 e. The molecule has 3 rings (SSSR count). The second-order valence-corrected chi connectivity index (χ2v) is 6.08. The molecular formula is C19H14ClF2N3O2. The summed E-state index contributed by atoms with van der Waals surface area (Å²) >= 11 is 5.86. The number of hydrogen-bond donors (Lipinski definition) is 1. The number of hydrogen-bond acceptors (Lipinski definition) is 3. The number of amides is 1. The molecule has 0 atom stereocenters. The van der Waals surface area contributed by atoms with Crippen molar-refractivity contribution in [3.8, 4) is 11.3 Å². The molecule has 0 saturated heterocycles. The van der Waals surface area contributed by atoms with Crippen molar-refractivity contribution in [1.29, 1.82) is 0 Å². The Bertz CT molecular complexity index is 1020. The number of carbonyl (C=O) groups excluding carboxylic acids is 1. The van der Waals surface area contributed by atoms with Gasteiger partial charge >= 0.3 is 0 Å². The van der Waals surface area contributed by atoms with Gasteiger partial charge in [-0.25, -0.2) is 13.5 Å². The Morgan fingerprint density at radius 3 is 2.37 bits per heavy atom. The van der Waals surface area contributed by atoms with Crippen LogP contribution in [0.5, 0.6) is 0 Å². The summed E-state index contributed by atoms with van der Waals surface area (Å²) in [5.41, 5.74) is 0.301. The van der Waals surface area contributed by atoms with Gasteiger partial charge in [0.15, 0.2) is 0 Å². The van der Waals surface area contributed by atoms with E-state index in [-0.39, 0.29) is 18.6 Å². The topological polar surface area (TPSA) is 64.0 Å². The lowest BCUT2D eigenvalue weighted by Gasteiger charge is -2.09. The number of carbonyl (C=O) groups is 1. The van der Waals surface area contributed by atoms with E-state index in [9.17, 15) is 18.4 Å². The van der Waals surface area contributed by atoms with E-state index < -0.39 is 23.1 Å². The van der Waals surface area contributed by atoms with Crippen LogP contribution in [0.15, 0.2) is 59.4 Å². The minimum Gasteiger partial charge on any atom is -0.350 e. The summed E-state index contributed by atoms with van der Waals surface area (Å²) in [7, 11) is 0. The molecule has 0 spiro atoms. The molecule has 1 N–H and O–H groups in total. The third kappa shape index (κ3) is 4.38. The second-order valence-electron chi connectivity index (χ2n) is 5.64. The Kier molecular flexibility index (Phi) is 5.61. The SMILES string of the molecule is O=C(NCCn1nc(-c2ccc(Cl)cc2)ccc1=O)c1c(F)cccc1F. The van der Waals surface area contributed by atoms with Crippen LogP contribution in [0, 0.1) is 11.6 Å². The maximum Gasteiger partial charge on any atom is 0.266 e. The van der Waals surface area contributed by atoms with Crippen LogP contribution < -0.4 is 10.9 Å². The maximum atomic E-state index is 13.6. The van der Waals surface area contributed by atoms with Crippen LogP contribution in [-0.4, -0.2) is 22.2 Å². The highest BCUT2D eigenvalue weighted by Gasteiger charge is 2.16. The van der Waals surface area contributed by atoms with Gasteiger partial charge < -0.3 is 5.32 Å². The first-order chi connectivity index (χ1) is 13.0. The van der Waals surface area contributed by atoms with Crippen molar-refractivity contribution in [2.24, 2.45) is 0 Å². The average molecular weight is 390 g/mol. The van der Waals surface area contributed by atoms with E-state index in [1.54, 1.807) is 30.3 Å². The minimum absolute atomic E-state index is 0.0242. The molecular weight excluding hydrogens is 376 g/mol. The van der Waals surface area contributed by atoms with Crippen LogP contribution >= 0.6 is 11.6 Å². The molecule has 1 heterocycles. The Morgan fingerprint density at radius 2 is 1.70 bits per heavy atom. The third-order valence-corrected chi connectivity index (χ3v) is 4.06. The average Bonchev–Trinajstić information content (AvgIpc) is 2.64. The first-order valence-electron chi connectivity index (χ1n) is 8.02. The number of halogens is 3. The summed E-state index contributed by atoms with van der Waals surface area (Å²) in [5, 5.41) is 7.20. The summed E-state index contributed by atoms with van der Waals surface area (Å²) in [6.45, 7) is 0.0195. The quantitative estimate of drug-likeness (QED) is 0.728. The molecule has 5 nitrogen and oxygen atoms in total. The fraction of sp³-hybridized carbons (Fsp3) is 0.105. The van der Waals surface area contributed by atoms with E-state index in [4.69, 9.17) is 11.6 Å². The summed E-state index contributed by atoms with van der Waals surface area (Å²) in [5.74, 6) is -2.80. The van der Waals surface area contributed by atoms with Crippen LogP contribution in [0.2, 0.25) is 5.02 Å². The molecule has 2 aromatic carbocycles. The monoisotopic (exact) mass is 389 g/mol. The van der Waals surface area contributed by atoms with Crippen LogP contribution in [0.1, 0.15) is 10.4 Å². The first kappa shape index (κ1) is 18.7.